The number of furan rings is 2. The van der Waals surface area contributed by atoms with Crippen molar-refractivity contribution in [3.8, 4) is 11.5 Å². The van der Waals surface area contributed by atoms with Gasteiger partial charge in [-0.25, -0.2) is 0 Å². The molecular formula is C28H24N2O5. The molecule has 35 heavy (non-hydrogen) atoms. The maximum Gasteiger partial charge on any atom is 0.248 e. The van der Waals surface area contributed by atoms with Gasteiger partial charge in [-0.15, -0.1) is 0 Å². The fourth-order valence-corrected chi connectivity index (χ4v) is 3.12. The minimum Gasteiger partial charge on any atom is -0.462 e. The van der Waals surface area contributed by atoms with Crippen molar-refractivity contribution in [3.05, 3.63) is 108 Å². The third kappa shape index (κ3) is 7.10. The summed E-state index contributed by atoms with van der Waals surface area (Å²) < 4.78 is 16.6. The first-order chi connectivity index (χ1) is 16.9. The van der Waals surface area contributed by atoms with Crippen LogP contribution in [0, 0.1) is 13.8 Å². The first-order valence-corrected chi connectivity index (χ1v) is 10.9. The van der Waals surface area contributed by atoms with Crippen LogP contribution in [0.3, 0.4) is 0 Å². The number of ether oxygens (including phenoxy) is 1. The molecule has 0 bridgehead atoms. The van der Waals surface area contributed by atoms with Crippen LogP contribution in [0.5, 0.6) is 11.5 Å². The molecule has 0 saturated heterocycles. The van der Waals surface area contributed by atoms with Crippen molar-refractivity contribution in [1.82, 2.24) is 0 Å². The third-order valence-electron chi connectivity index (χ3n) is 4.80. The second-order valence-corrected chi connectivity index (χ2v) is 7.69. The first-order valence-electron chi connectivity index (χ1n) is 10.9. The topological polar surface area (TPSA) is 93.7 Å². The highest BCUT2D eigenvalue weighted by molar-refractivity contribution is 6.02. The summed E-state index contributed by atoms with van der Waals surface area (Å²) in [5.74, 6) is 3.50. The molecule has 2 N–H and O–H groups in total. The normalized spacial score (nSPS) is 11.1. The fourth-order valence-electron chi connectivity index (χ4n) is 3.12. The third-order valence-corrected chi connectivity index (χ3v) is 4.80. The summed E-state index contributed by atoms with van der Waals surface area (Å²) in [6.07, 6.45) is 6.05. The van der Waals surface area contributed by atoms with Gasteiger partial charge >= 0.3 is 0 Å². The lowest BCUT2D eigenvalue weighted by Crippen LogP contribution is -2.07. The molecule has 7 heteroatoms. The van der Waals surface area contributed by atoms with Crippen LogP contribution in [0.15, 0.2) is 93.8 Å². The van der Waals surface area contributed by atoms with Crippen LogP contribution in [-0.2, 0) is 9.59 Å². The first kappa shape index (κ1) is 23.4. The number of amides is 2. The monoisotopic (exact) mass is 468 g/mol. The summed E-state index contributed by atoms with van der Waals surface area (Å²) >= 11 is 0. The second kappa shape index (κ2) is 10.9. The minimum atomic E-state index is -0.264. The maximum atomic E-state index is 12.1. The standard InChI is InChI=1S/C28H24N2O5/c1-19-3-9-23(33-19)15-17-27(31)29-21-5-11-25(12-6-21)35-26-13-7-22(8-14-26)30-28(32)18-16-24-10-4-20(2)34-24/h3-18H,1-2H3,(H,29,31)(H,30,32)/b17-15+,18-16+. The fraction of sp³-hybridized carbons (Fsp3) is 0.0714. The van der Waals surface area contributed by atoms with Crippen molar-refractivity contribution in [2.24, 2.45) is 0 Å². The van der Waals surface area contributed by atoms with Gasteiger partial charge in [0.25, 0.3) is 0 Å². The van der Waals surface area contributed by atoms with Gasteiger partial charge in [-0.1, -0.05) is 0 Å². The van der Waals surface area contributed by atoms with Gasteiger partial charge < -0.3 is 24.2 Å². The van der Waals surface area contributed by atoms with Crippen molar-refractivity contribution < 1.29 is 23.2 Å². The molecule has 2 aromatic carbocycles. The van der Waals surface area contributed by atoms with Crippen LogP contribution in [0.2, 0.25) is 0 Å². The van der Waals surface area contributed by atoms with Crippen LogP contribution in [0.4, 0.5) is 11.4 Å². The summed E-state index contributed by atoms with van der Waals surface area (Å²) in [5.41, 5.74) is 1.27. The van der Waals surface area contributed by atoms with Gasteiger partial charge in [-0.05, 0) is 98.8 Å². The summed E-state index contributed by atoms with van der Waals surface area (Å²) in [7, 11) is 0. The van der Waals surface area contributed by atoms with Crippen molar-refractivity contribution in [3.63, 3.8) is 0 Å². The van der Waals surface area contributed by atoms with Crippen molar-refractivity contribution in [2.45, 2.75) is 13.8 Å². The van der Waals surface area contributed by atoms with E-state index in [4.69, 9.17) is 13.6 Å². The lowest BCUT2D eigenvalue weighted by atomic mass is 10.2. The van der Waals surface area contributed by atoms with E-state index < -0.39 is 0 Å². The Morgan fingerprint density at radius 3 is 1.37 bits per heavy atom. The molecule has 4 rings (SSSR count). The van der Waals surface area contributed by atoms with Gasteiger partial charge in [-0.3, -0.25) is 9.59 Å². The van der Waals surface area contributed by atoms with E-state index in [1.807, 2.05) is 26.0 Å². The Labute approximate surface area is 202 Å². The zero-order valence-corrected chi connectivity index (χ0v) is 19.3. The number of nitrogens with one attached hydrogen (secondary N) is 2. The molecule has 0 aliphatic rings. The van der Waals surface area contributed by atoms with E-state index in [9.17, 15) is 9.59 Å². The lowest BCUT2D eigenvalue weighted by molar-refractivity contribution is -0.112. The number of carbonyl (C=O) groups excluding carboxylic acids is 2. The average Bonchev–Trinajstić information content (AvgIpc) is 3.46. The molecule has 0 saturated carbocycles. The van der Waals surface area contributed by atoms with Crippen LogP contribution < -0.4 is 15.4 Å². The number of hydrogen-bond donors (Lipinski definition) is 2. The molecule has 2 heterocycles. The zero-order chi connectivity index (χ0) is 24.6. The summed E-state index contributed by atoms with van der Waals surface area (Å²) in [4.78, 5) is 24.2. The molecule has 176 valence electrons. The smallest absolute Gasteiger partial charge is 0.248 e. The van der Waals surface area contributed by atoms with Gasteiger partial charge in [0.2, 0.25) is 11.8 Å². The molecule has 0 unspecified atom stereocenters. The van der Waals surface area contributed by atoms with Crippen molar-refractivity contribution in [2.75, 3.05) is 10.6 Å². The predicted octanol–water partition coefficient (Wildman–Crippen LogP) is 6.59. The van der Waals surface area contributed by atoms with E-state index in [2.05, 4.69) is 10.6 Å². The van der Waals surface area contributed by atoms with E-state index in [-0.39, 0.29) is 11.8 Å². The number of carbonyl (C=O) groups is 2. The summed E-state index contributed by atoms with van der Waals surface area (Å²) in [5, 5.41) is 5.57. The SMILES string of the molecule is Cc1ccc(/C=C/C(=O)Nc2ccc(Oc3ccc(NC(=O)/C=C/c4ccc(C)o4)cc3)cc2)o1. The Morgan fingerprint density at radius 1 is 0.629 bits per heavy atom. The van der Waals surface area contributed by atoms with Crippen LogP contribution in [0.25, 0.3) is 12.2 Å². The Kier molecular flexibility index (Phi) is 7.28. The molecule has 7 nitrogen and oxygen atoms in total. The van der Waals surface area contributed by atoms with Crippen molar-refractivity contribution in [1.29, 1.82) is 0 Å². The molecule has 0 radical (unpaired) electrons. The highest BCUT2D eigenvalue weighted by Gasteiger charge is 2.03. The second-order valence-electron chi connectivity index (χ2n) is 7.69. The molecule has 0 aliphatic heterocycles. The Bertz CT molecular complexity index is 1250. The Morgan fingerprint density at radius 2 is 1.03 bits per heavy atom. The van der Waals surface area contributed by atoms with E-state index in [1.54, 1.807) is 72.8 Å². The Hall–Kier alpha value is -4.78. The summed E-state index contributed by atoms with van der Waals surface area (Å²) in [6, 6.07) is 21.3. The highest BCUT2D eigenvalue weighted by atomic mass is 16.5. The number of rotatable bonds is 8. The van der Waals surface area contributed by atoms with Crippen LogP contribution in [-0.4, -0.2) is 11.8 Å². The number of anilines is 2. The number of benzene rings is 2. The molecule has 2 amide bonds. The quantitative estimate of drug-likeness (QED) is 0.285. The maximum absolute atomic E-state index is 12.1. The summed E-state index contributed by atoms with van der Waals surface area (Å²) in [6.45, 7) is 3.69. The number of hydrogen-bond acceptors (Lipinski definition) is 5. The van der Waals surface area contributed by atoms with E-state index in [0.29, 0.717) is 34.4 Å². The van der Waals surface area contributed by atoms with Crippen LogP contribution in [0.1, 0.15) is 23.0 Å². The molecule has 0 spiro atoms. The molecular weight excluding hydrogens is 444 g/mol. The largest absolute Gasteiger partial charge is 0.462 e. The van der Waals surface area contributed by atoms with Gasteiger partial charge in [0.15, 0.2) is 0 Å². The predicted molar refractivity (Wildman–Crippen MR) is 135 cm³/mol. The van der Waals surface area contributed by atoms with Gasteiger partial charge in [0.05, 0.1) is 0 Å². The Balaban J connectivity index is 1.26. The molecule has 0 atom stereocenters. The number of aryl methyl sites for hydroxylation is 2. The zero-order valence-electron chi connectivity index (χ0n) is 19.3. The van der Waals surface area contributed by atoms with Gasteiger partial charge in [0, 0.05) is 23.5 Å². The van der Waals surface area contributed by atoms with Gasteiger partial charge in [0.1, 0.15) is 34.5 Å². The molecule has 2 aromatic heterocycles. The minimum absolute atomic E-state index is 0.264. The highest BCUT2D eigenvalue weighted by Crippen LogP contribution is 2.24. The molecule has 0 fully saturated rings. The van der Waals surface area contributed by atoms with E-state index >= 15 is 0 Å². The molecule has 4 aromatic rings. The lowest BCUT2D eigenvalue weighted by Gasteiger charge is -2.08. The van der Waals surface area contributed by atoms with E-state index in [0.717, 1.165) is 11.5 Å². The van der Waals surface area contributed by atoms with Gasteiger partial charge in [-0.2, -0.15) is 0 Å². The molecule has 0 aliphatic carbocycles. The van der Waals surface area contributed by atoms with Crippen LogP contribution >= 0.6 is 0 Å². The van der Waals surface area contributed by atoms with E-state index in [1.165, 1.54) is 12.2 Å². The van der Waals surface area contributed by atoms with Crippen molar-refractivity contribution >= 4 is 35.3 Å². The average molecular weight is 469 g/mol.